The molecule has 2 N–H and O–H groups in total. The molecule has 3 amide bonds. The van der Waals surface area contributed by atoms with E-state index in [1.54, 1.807) is 0 Å². The maximum Gasteiger partial charge on any atom is 0.410 e. The predicted octanol–water partition coefficient (Wildman–Crippen LogP) is 2.57. The topological polar surface area (TPSA) is 87.7 Å². The van der Waals surface area contributed by atoms with Gasteiger partial charge in [-0.05, 0) is 30.4 Å². The molecule has 1 atom stereocenters. The van der Waals surface area contributed by atoms with Crippen molar-refractivity contribution < 1.29 is 19.1 Å². The van der Waals surface area contributed by atoms with Gasteiger partial charge in [0.2, 0.25) is 5.91 Å². The van der Waals surface area contributed by atoms with Crippen LogP contribution < -0.4 is 10.9 Å². The molecule has 1 heterocycles. The molecule has 1 saturated heterocycles. The van der Waals surface area contributed by atoms with Crippen molar-refractivity contribution in [2.45, 2.75) is 38.3 Å². The monoisotopic (exact) mass is 395 g/mol. The number of likely N-dealkylation sites (tertiary alicyclic amines) is 1. The molecule has 0 spiro atoms. The molecule has 1 fully saturated rings. The van der Waals surface area contributed by atoms with E-state index in [4.69, 9.17) is 4.74 Å². The van der Waals surface area contributed by atoms with E-state index in [-0.39, 0.29) is 18.9 Å². The van der Waals surface area contributed by atoms with Gasteiger partial charge in [-0.1, -0.05) is 60.7 Å². The highest BCUT2D eigenvalue weighted by Gasteiger charge is 2.33. The Hall–Kier alpha value is -3.35. The Kier molecular flexibility index (Phi) is 7.22. The molecule has 2 aromatic rings. The minimum atomic E-state index is -0.663. The van der Waals surface area contributed by atoms with Crippen molar-refractivity contribution in [3.8, 4) is 0 Å². The summed E-state index contributed by atoms with van der Waals surface area (Å²) in [4.78, 5) is 38.5. The van der Waals surface area contributed by atoms with Gasteiger partial charge >= 0.3 is 6.09 Å². The highest BCUT2D eigenvalue weighted by atomic mass is 16.6. The Morgan fingerprint density at radius 2 is 1.55 bits per heavy atom. The van der Waals surface area contributed by atoms with Crippen LogP contribution >= 0.6 is 0 Å². The fourth-order valence-corrected chi connectivity index (χ4v) is 3.26. The molecule has 7 heteroatoms. The first-order chi connectivity index (χ1) is 14.1. The van der Waals surface area contributed by atoms with Crippen molar-refractivity contribution in [2.24, 2.45) is 0 Å². The molecule has 0 radical (unpaired) electrons. The van der Waals surface area contributed by atoms with Crippen molar-refractivity contribution in [3.05, 3.63) is 71.8 Å². The number of amides is 3. The van der Waals surface area contributed by atoms with Crippen molar-refractivity contribution >= 4 is 17.9 Å². The lowest BCUT2D eigenvalue weighted by atomic mass is 10.0. The van der Waals surface area contributed by atoms with E-state index in [9.17, 15) is 14.4 Å². The Morgan fingerprint density at radius 3 is 2.24 bits per heavy atom. The number of piperidine rings is 1. The third-order valence-corrected chi connectivity index (χ3v) is 4.78. The van der Waals surface area contributed by atoms with Crippen molar-refractivity contribution in [3.63, 3.8) is 0 Å². The van der Waals surface area contributed by atoms with Crippen LogP contribution in [0.2, 0.25) is 0 Å². The van der Waals surface area contributed by atoms with Crippen LogP contribution in [0.3, 0.4) is 0 Å². The van der Waals surface area contributed by atoms with E-state index in [1.165, 1.54) is 4.90 Å². The second-order valence-corrected chi connectivity index (χ2v) is 6.94. The molecule has 0 aromatic heterocycles. The summed E-state index contributed by atoms with van der Waals surface area (Å²) in [5.41, 5.74) is 6.60. The zero-order chi connectivity index (χ0) is 20.5. The number of hydrazine groups is 1. The first-order valence-corrected chi connectivity index (χ1v) is 9.73. The van der Waals surface area contributed by atoms with Crippen LogP contribution in [0.1, 0.15) is 30.4 Å². The summed E-state index contributed by atoms with van der Waals surface area (Å²) in [6.45, 7) is 0.599. The summed E-state index contributed by atoms with van der Waals surface area (Å²) in [7, 11) is 0. The van der Waals surface area contributed by atoms with Crippen LogP contribution in [0.25, 0.3) is 0 Å². The zero-order valence-electron chi connectivity index (χ0n) is 16.2. The Morgan fingerprint density at radius 1 is 0.897 bits per heavy atom. The van der Waals surface area contributed by atoms with Gasteiger partial charge in [0.05, 0.1) is 6.42 Å². The number of rotatable bonds is 5. The molecule has 0 bridgehead atoms. The third-order valence-electron chi connectivity index (χ3n) is 4.78. The van der Waals surface area contributed by atoms with Crippen molar-refractivity contribution in [2.75, 3.05) is 6.54 Å². The van der Waals surface area contributed by atoms with E-state index >= 15 is 0 Å². The molecule has 7 nitrogen and oxygen atoms in total. The predicted molar refractivity (Wildman–Crippen MR) is 107 cm³/mol. The van der Waals surface area contributed by atoms with Crippen molar-refractivity contribution in [1.82, 2.24) is 15.8 Å². The summed E-state index contributed by atoms with van der Waals surface area (Å²) < 4.78 is 5.37. The number of carbonyl (C=O) groups is 3. The molecule has 1 unspecified atom stereocenters. The van der Waals surface area contributed by atoms with Gasteiger partial charge in [0.1, 0.15) is 12.6 Å². The number of hydrogen-bond acceptors (Lipinski definition) is 4. The second kappa shape index (κ2) is 10.3. The smallest absolute Gasteiger partial charge is 0.410 e. The Bertz CT molecular complexity index is 826. The third kappa shape index (κ3) is 6.07. The second-order valence-electron chi connectivity index (χ2n) is 6.94. The van der Waals surface area contributed by atoms with E-state index in [0.717, 1.165) is 24.0 Å². The fraction of sp³-hybridized carbons (Fsp3) is 0.318. The van der Waals surface area contributed by atoms with E-state index < -0.39 is 18.0 Å². The summed E-state index contributed by atoms with van der Waals surface area (Å²) in [5, 5.41) is 0. The van der Waals surface area contributed by atoms with Crippen LogP contribution in [0.5, 0.6) is 0 Å². The van der Waals surface area contributed by atoms with Crippen molar-refractivity contribution in [1.29, 1.82) is 0 Å². The lowest BCUT2D eigenvalue weighted by Crippen LogP contribution is -2.55. The summed E-state index contributed by atoms with van der Waals surface area (Å²) in [6, 6.07) is 18.0. The molecule has 0 saturated carbocycles. The van der Waals surface area contributed by atoms with Crippen LogP contribution in [0.4, 0.5) is 4.79 Å². The molecule has 152 valence electrons. The van der Waals surface area contributed by atoms with Crippen LogP contribution in [-0.2, 0) is 27.4 Å². The molecular weight excluding hydrogens is 370 g/mol. The lowest BCUT2D eigenvalue weighted by Gasteiger charge is -2.33. The van der Waals surface area contributed by atoms with Gasteiger partial charge in [-0.3, -0.25) is 25.3 Å². The fourth-order valence-electron chi connectivity index (χ4n) is 3.26. The van der Waals surface area contributed by atoms with Crippen LogP contribution in [0, 0.1) is 0 Å². The molecule has 1 aliphatic rings. The molecule has 29 heavy (non-hydrogen) atoms. The van der Waals surface area contributed by atoms with Gasteiger partial charge in [0.25, 0.3) is 5.91 Å². The molecular formula is C22H25N3O4. The minimum Gasteiger partial charge on any atom is -0.445 e. The van der Waals surface area contributed by atoms with Gasteiger partial charge in [-0.2, -0.15) is 0 Å². The quantitative estimate of drug-likeness (QED) is 0.762. The lowest BCUT2D eigenvalue weighted by molar-refractivity contribution is -0.132. The number of ether oxygens (including phenoxy) is 1. The van der Waals surface area contributed by atoms with Gasteiger partial charge < -0.3 is 4.74 Å². The largest absolute Gasteiger partial charge is 0.445 e. The van der Waals surface area contributed by atoms with Gasteiger partial charge in [-0.25, -0.2) is 4.79 Å². The summed E-state index contributed by atoms with van der Waals surface area (Å²) in [6.07, 6.45) is 1.81. The van der Waals surface area contributed by atoms with E-state index in [0.29, 0.717) is 13.0 Å². The maximum absolute atomic E-state index is 12.6. The standard InChI is InChI=1S/C22H25N3O4/c26-20(15-17-9-3-1-4-10-17)23-24-21(27)19-13-7-8-14-25(19)22(28)29-16-18-11-5-2-6-12-18/h1-6,9-12,19H,7-8,13-16H2,(H,23,26)(H,24,27). The summed E-state index contributed by atoms with van der Waals surface area (Å²) >= 11 is 0. The van der Waals surface area contributed by atoms with Crippen LogP contribution in [-0.4, -0.2) is 35.4 Å². The normalized spacial score (nSPS) is 16.0. The molecule has 2 aromatic carbocycles. The minimum absolute atomic E-state index is 0.151. The number of hydrogen-bond donors (Lipinski definition) is 2. The van der Waals surface area contributed by atoms with Gasteiger partial charge in [0.15, 0.2) is 0 Å². The molecule has 1 aliphatic heterocycles. The maximum atomic E-state index is 12.6. The van der Waals surface area contributed by atoms with Gasteiger partial charge in [0, 0.05) is 6.54 Å². The SMILES string of the molecule is O=C(Cc1ccccc1)NNC(=O)C1CCCCN1C(=O)OCc1ccccc1. The number of nitrogens with one attached hydrogen (secondary N) is 2. The van der Waals surface area contributed by atoms with Crippen LogP contribution in [0.15, 0.2) is 60.7 Å². The number of benzene rings is 2. The first-order valence-electron chi connectivity index (χ1n) is 9.73. The summed E-state index contributed by atoms with van der Waals surface area (Å²) in [5.74, 6) is -0.735. The number of nitrogens with zero attached hydrogens (tertiary/aromatic N) is 1. The highest BCUT2D eigenvalue weighted by molar-refractivity contribution is 5.88. The average molecular weight is 395 g/mol. The van der Waals surface area contributed by atoms with E-state index in [2.05, 4.69) is 10.9 Å². The van der Waals surface area contributed by atoms with Gasteiger partial charge in [-0.15, -0.1) is 0 Å². The Balaban J connectivity index is 1.50. The van der Waals surface area contributed by atoms with E-state index in [1.807, 2.05) is 60.7 Å². The molecule has 3 rings (SSSR count). The molecule has 0 aliphatic carbocycles. The Labute approximate surface area is 170 Å². The first kappa shape index (κ1) is 20.4. The highest BCUT2D eigenvalue weighted by Crippen LogP contribution is 2.18. The number of carbonyl (C=O) groups excluding carboxylic acids is 3. The zero-order valence-corrected chi connectivity index (χ0v) is 16.2. The average Bonchev–Trinajstić information content (AvgIpc) is 2.77.